The summed E-state index contributed by atoms with van der Waals surface area (Å²) in [5.41, 5.74) is 2.55. The van der Waals surface area contributed by atoms with Crippen LogP contribution >= 0.6 is 23.4 Å². The van der Waals surface area contributed by atoms with E-state index in [0.29, 0.717) is 21.7 Å². The van der Waals surface area contributed by atoms with E-state index in [0.717, 1.165) is 16.9 Å². The zero-order valence-corrected chi connectivity index (χ0v) is 16.5. The molecule has 1 atom stereocenters. The standard InChI is InChI=1S/C18H19ClN4O2S/c1-10-5-6-13(19)9-15(10)20-17(24)12(3)26-18-22-21-16(23(18)4)14-7-8-25-11(14)2/h5-9,12H,1-4H3,(H,20,24)/t12-/m1/s1. The number of nitrogens with one attached hydrogen (secondary N) is 1. The molecular weight excluding hydrogens is 372 g/mol. The molecule has 26 heavy (non-hydrogen) atoms. The molecule has 136 valence electrons. The van der Waals surface area contributed by atoms with E-state index in [2.05, 4.69) is 15.5 Å². The number of furan rings is 1. The highest BCUT2D eigenvalue weighted by Gasteiger charge is 2.21. The number of nitrogens with zero attached hydrogens (tertiary/aromatic N) is 3. The minimum atomic E-state index is -0.352. The highest BCUT2D eigenvalue weighted by atomic mass is 35.5. The van der Waals surface area contributed by atoms with E-state index < -0.39 is 0 Å². The van der Waals surface area contributed by atoms with Crippen molar-refractivity contribution in [1.82, 2.24) is 14.8 Å². The fraction of sp³-hybridized carbons (Fsp3) is 0.278. The molecule has 0 spiro atoms. The SMILES string of the molecule is Cc1ccc(Cl)cc1NC(=O)[C@@H](C)Sc1nnc(-c2ccoc2C)n1C. The molecule has 0 aliphatic heterocycles. The molecule has 0 saturated carbocycles. The Hall–Kier alpha value is -2.25. The van der Waals surface area contributed by atoms with Crippen LogP contribution in [0.25, 0.3) is 11.4 Å². The van der Waals surface area contributed by atoms with Gasteiger partial charge in [-0.05, 0) is 44.5 Å². The molecular formula is C18H19ClN4O2S. The first-order chi connectivity index (χ1) is 12.4. The lowest BCUT2D eigenvalue weighted by atomic mass is 10.2. The normalized spacial score (nSPS) is 12.2. The van der Waals surface area contributed by atoms with Crippen LogP contribution in [0, 0.1) is 13.8 Å². The number of amides is 1. The van der Waals surface area contributed by atoms with Crippen molar-refractivity contribution >= 4 is 35.0 Å². The van der Waals surface area contributed by atoms with Crippen molar-refractivity contribution in [3.63, 3.8) is 0 Å². The van der Waals surface area contributed by atoms with Crippen molar-refractivity contribution < 1.29 is 9.21 Å². The van der Waals surface area contributed by atoms with Crippen LogP contribution < -0.4 is 5.32 Å². The van der Waals surface area contributed by atoms with Gasteiger partial charge in [-0.3, -0.25) is 4.79 Å². The van der Waals surface area contributed by atoms with Gasteiger partial charge in [0.1, 0.15) is 5.76 Å². The second-order valence-electron chi connectivity index (χ2n) is 5.96. The van der Waals surface area contributed by atoms with Gasteiger partial charge in [-0.15, -0.1) is 10.2 Å². The molecule has 8 heteroatoms. The molecule has 1 N–H and O–H groups in total. The zero-order valence-electron chi connectivity index (χ0n) is 14.9. The highest BCUT2D eigenvalue weighted by Crippen LogP contribution is 2.28. The van der Waals surface area contributed by atoms with E-state index in [1.165, 1.54) is 11.8 Å². The maximum Gasteiger partial charge on any atom is 0.237 e. The second kappa shape index (κ2) is 7.55. The minimum Gasteiger partial charge on any atom is -0.469 e. The number of benzene rings is 1. The van der Waals surface area contributed by atoms with Crippen LogP contribution in [-0.2, 0) is 11.8 Å². The van der Waals surface area contributed by atoms with Crippen LogP contribution in [0.3, 0.4) is 0 Å². The van der Waals surface area contributed by atoms with Gasteiger partial charge in [0.15, 0.2) is 11.0 Å². The maximum absolute atomic E-state index is 12.5. The summed E-state index contributed by atoms with van der Waals surface area (Å²) in [6.45, 7) is 5.63. The monoisotopic (exact) mass is 390 g/mol. The quantitative estimate of drug-likeness (QED) is 0.651. The van der Waals surface area contributed by atoms with Crippen molar-refractivity contribution in [3.05, 3.63) is 46.9 Å². The number of aromatic nitrogens is 3. The third kappa shape index (κ3) is 3.78. The molecule has 0 aliphatic rings. The Balaban J connectivity index is 1.73. The first kappa shape index (κ1) is 18.5. The first-order valence-electron chi connectivity index (χ1n) is 8.04. The summed E-state index contributed by atoms with van der Waals surface area (Å²) in [5.74, 6) is 1.36. The summed E-state index contributed by atoms with van der Waals surface area (Å²) in [7, 11) is 1.87. The van der Waals surface area contributed by atoms with E-state index in [4.69, 9.17) is 16.0 Å². The number of rotatable bonds is 5. The summed E-state index contributed by atoms with van der Waals surface area (Å²) in [6, 6.07) is 7.27. The molecule has 0 unspecified atom stereocenters. The summed E-state index contributed by atoms with van der Waals surface area (Å²) in [6.07, 6.45) is 1.62. The minimum absolute atomic E-state index is 0.121. The molecule has 0 saturated heterocycles. The fourth-order valence-electron chi connectivity index (χ4n) is 2.44. The van der Waals surface area contributed by atoms with Crippen molar-refractivity contribution in [2.45, 2.75) is 31.2 Å². The van der Waals surface area contributed by atoms with Crippen molar-refractivity contribution in [1.29, 1.82) is 0 Å². The molecule has 3 rings (SSSR count). The number of carbonyl (C=O) groups is 1. The van der Waals surface area contributed by atoms with Crippen LogP contribution in [0.5, 0.6) is 0 Å². The van der Waals surface area contributed by atoms with Gasteiger partial charge in [-0.2, -0.15) is 0 Å². The highest BCUT2D eigenvalue weighted by molar-refractivity contribution is 8.00. The third-order valence-corrected chi connectivity index (χ3v) is 5.41. The Morgan fingerprint density at radius 3 is 2.77 bits per heavy atom. The van der Waals surface area contributed by atoms with Gasteiger partial charge in [0.25, 0.3) is 0 Å². The molecule has 0 aliphatic carbocycles. The number of thioether (sulfide) groups is 1. The summed E-state index contributed by atoms with van der Waals surface area (Å²) < 4.78 is 7.18. The molecule has 2 heterocycles. The summed E-state index contributed by atoms with van der Waals surface area (Å²) in [4.78, 5) is 12.5. The van der Waals surface area contributed by atoms with E-state index in [1.54, 1.807) is 18.4 Å². The summed E-state index contributed by atoms with van der Waals surface area (Å²) >= 11 is 7.35. The van der Waals surface area contributed by atoms with E-state index in [1.807, 2.05) is 44.5 Å². The Morgan fingerprint density at radius 1 is 1.31 bits per heavy atom. The van der Waals surface area contributed by atoms with Gasteiger partial charge in [-0.25, -0.2) is 0 Å². The number of anilines is 1. The van der Waals surface area contributed by atoms with Gasteiger partial charge in [0, 0.05) is 17.8 Å². The van der Waals surface area contributed by atoms with E-state index in [-0.39, 0.29) is 11.2 Å². The molecule has 1 aromatic carbocycles. The van der Waals surface area contributed by atoms with Gasteiger partial charge in [-0.1, -0.05) is 29.4 Å². The smallest absolute Gasteiger partial charge is 0.237 e. The van der Waals surface area contributed by atoms with E-state index in [9.17, 15) is 4.79 Å². The van der Waals surface area contributed by atoms with Gasteiger partial charge in [0.05, 0.1) is 17.1 Å². The first-order valence-corrected chi connectivity index (χ1v) is 9.30. The maximum atomic E-state index is 12.5. The Bertz CT molecular complexity index is 951. The fourth-order valence-corrected chi connectivity index (χ4v) is 3.43. The number of hydrogen-bond acceptors (Lipinski definition) is 5. The van der Waals surface area contributed by atoms with Crippen LogP contribution in [0.2, 0.25) is 5.02 Å². The molecule has 3 aromatic rings. The van der Waals surface area contributed by atoms with Gasteiger partial charge in [0.2, 0.25) is 5.91 Å². The predicted octanol–water partition coefficient (Wildman–Crippen LogP) is 4.46. The number of aryl methyl sites for hydroxylation is 2. The molecule has 6 nitrogen and oxygen atoms in total. The average molecular weight is 391 g/mol. The van der Waals surface area contributed by atoms with Crippen molar-refractivity contribution in [2.75, 3.05) is 5.32 Å². The average Bonchev–Trinajstić information content (AvgIpc) is 3.17. The van der Waals surface area contributed by atoms with Gasteiger partial charge < -0.3 is 14.3 Å². The van der Waals surface area contributed by atoms with Crippen LogP contribution in [0.1, 0.15) is 18.2 Å². The number of carbonyl (C=O) groups excluding carboxylic acids is 1. The summed E-state index contributed by atoms with van der Waals surface area (Å²) in [5, 5.41) is 12.2. The Morgan fingerprint density at radius 2 is 2.08 bits per heavy atom. The number of halogens is 1. The van der Waals surface area contributed by atoms with Crippen molar-refractivity contribution in [2.24, 2.45) is 7.05 Å². The predicted molar refractivity (Wildman–Crippen MR) is 104 cm³/mol. The molecule has 0 fully saturated rings. The Labute approximate surface area is 160 Å². The largest absolute Gasteiger partial charge is 0.469 e. The lowest BCUT2D eigenvalue weighted by Gasteiger charge is -2.13. The molecule has 2 aromatic heterocycles. The topological polar surface area (TPSA) is 73.0 Å². The van der Waals surface area contributed by atoms with E-state index >= 15 is 0 Å². The Kier molecular flexibility index (Phi) is 5.38. The second-order valence-corrected chi connectivity index (χ2v) is 7.71. The van der Waals surface area contributed by atoms with Gasteiger partial charge >= 0.3 is 0 Å². The van der Waals surface area contributed by atoms with Crippen molar-refractivity contribution in [3.8, 4) is 11.4 Å². The zero-order chi connectivity index (χ0) is 18.8. The third-order valence-electron chi connectivity index (χ3n) is 4.04. The molecule has 0 bridgehead atoms. The lowest BCUT2D eigenvalue weighted by Crippen LogP contribution is -2.23. The molecule has 1 amide bonds. The molecule has 0 radical (unpaired) electrons. The number of hydrogen-bond donors (Lipinski definition) is 1. The lowest BCUT2D eigenvalue weighted by molar-refractivity contribution is -0.115. The van der Waals surface area contributed by atoms with Crippen LogP contribution in [0.15, 0.2) is 40.1 Å². The van der Waals surface area contributed by atoms with Crippen LogP contribution in [-0.4, -0.2) is 25.9 Å². The van der Waals surface area contributed by atoms with Crippen LogP contribution in [0.4, 0.5) is 5.69 Å².